The number of aromatic carboxylic acids is 1. The molecule has 2 rings (SSSR count). The van der Waals surface area contributed by atoms with Gasteiger partial charge in [0.2, 0.25) is 0 Å². The number of nitrogens with zero attached hydrogens (tertiary/aromatic N) is 2. The zero-order valence-corrected chi connectivity index (χ0v) is 11.9. The highest BCUT2D eigenvalue weighted by Crippen LogP contribution is 2.12. The van der Waals surface area contributed by atoms with E-state index in [1.807, 2.05) is 16.9 Å². The molecule has 0 spiro atoms. The smallest absolute Gasteiger partial charge is 0.335 e. The quantitative estimate of drug-likeness (QED) is 0.722. The Labute approximate surface area is 123 Å². The third kappa shape index (κ3) is 4.92. The summed E-state index contributed by atoms with van der Waals surface area (Å²) in [5.41, 5.74) is 0.229. The molecule has 2 N–H and O–H groups in total. The molecule has 0 aliphatic rings. The molecule has 6 heteroatoms. The molecule has 1 aromatic carbocycles. The summed E-state index contributed by atoms with van der Waals surface area (Å²) < 4.78 is 7.40. The van der Waals surface area contributed by atoms with Crippen molar-refractivity contribution in [2.45, 2.75) is 19.5 Å². The van der Waals surface area contributed by atoms with Gasteiger partial charge in [-0.25, -0.2) is 4.79 Å². The Kier molecular flexibility index (Phi) is 5.34. The van der Waals surface area contributed by atoms with Gasteiger partial charge < -0.3 is 15.2 Å². The van der Waals surface area contributed by atoms with Crippen LogP contribution in [0.3, 0.4) is 0 Å². The molecule has 0 fully saturated rings. The summed E-state index contributed by atoms with van der Waals surface area (Å²) in [7, 11) is 0. The van der Waals surface area contributed by atoms with Crippen LogP contribution in [0.2, 0.25) is 0 Å². The van der Waals surface area contributed by atoms with Crippen LogP contribution in [0.25, 0.3) is 0 Å². The van der Waals surface area contributed by atoms with Gasteiger partial charge in [0.25, 0.3) is 0 Å². The maximum absolute atomic E-state index is 10.8. The van der Waals surface area contributed by atoms with Crippen molar-refractivity contribution in [3.8, 4) is 5.75 Å². The molecular weight excluding hydrogens is 270 g/mol. The van der Waals surface area contributed by atoms with Crippen molar-refractivity contribution >= 4 is 5.97 Å². The summed E-state index contributed by atoms with van der Waals surface area (Å²) in [5.74, 6) is -0.386. The molecule has 21 heavy (non-hydrogen) atoms. The molecule has 0 saturated heterocycles. The maximum Gasteiger partial charge on any atom is 0.335 e. The van der Waals surface area contributed by atoms with E-state index >= 15 is 0 Å². The number of carboxylic acids is 1. The molecular formula is C15H19N3O3. The van der Waals surface area contributed by atoms with Crippen molar-refractivity contribution < 1.29 is 14.6 Å². The average Bonchev–Trinajstić information content (AvgIpc) is 2.97. The van der Waals surface area contributed by atoms with Gasteiger partial charge in [-0.2, -0.15) is 5.10 Å². The third-order valence-electron chi connectivity index (χ3n) is 2.96. The van der Waals surface area contributed by atoms with Gasteiger partial charge in [0.1, 0.15) is 12.4 Å². The normalized spacial score (nSPS) is 12.0. The fourth-order valence-electron chi connectivity index (χ4n) is 1.95. The number of benzene rings is 1. The molecule has 2 aromatic rings. The predicted molar refractivity (Wildman–Crippen MR) is 78.6 cm³/mol. The van der Waals surface area contributed by atoms with E-state index in [1.165, 1.54) is 6.07 Å². The predicted octanol–water partition coefficient (Wildman–Crippen LogP) is 1.64. The van der Waals surface area contributed by atoms with Gasteiger partial charge >= 0.3 is 5.97 Å². The van der Waals surface area contributed by atoms with Crippen LogP contribution < -0.4 is 10.1 Å². The maximum atomic E-state index is 10.8. The summed E-state index contributed by atoms with van der Waals surface area (Å²) in [5, 5.41) is 16.4. The number of rotatable bonds is 8. The Morgan fingerprint density at radius 1 is 1.48 bits per heavy atom. The zero-order valence-electron chi connectivity index (χ0n) is 11.9. The first-order valence-electron chi connectivity index (χ1n) is 6.82. The molecule has 0 amide bonds. The van der Waals surface area contributed by atoms with E-state index in [2.05, 4.69) is 17.3 Å². The highest BCUT2D eigenvalue weighted by Gasteiger charge is 2.05. The molecule has 0 aliphatic carbocycles. The van der Waals surface area contributed by atoms with E-state index in [0.29, 0.717) is 18.9 Å². The lowest BCUT2D eigenvalue weighted by molar-refractivity contribution is 0.0696. The van der Waals surface area contributed by atoms with Gasteiger partial charge in [-0.1, -0.05) is 6.07 Å². The molecule has 112 valence electrons. The van der Waals surface area contributed by atoms with E-state index in [-0.39, 0.29) is 11.6 Å². The first kappa shape index (κ1) is 15.1. The molecule has 1 aromatic heterocycles. The molecule has 6 nitrogen and oxygen atoms in total. The number of nitrogens with one attached hydrogen (secondary N) is 1. The SMILES string of the molecule is CC(Cn1cccn1)NCCOc1cccc(C(=O)O)c1. The Morgan fingerprint density at radius 3 is 3.05 bits per heavy atom. The Morgan fingerprint density at radius 2 is 2.33 bits per heavy atom. The van der Waals surface area contributed by atoms with E-state index < -0.39 is 5.97 Å². The Hall–Kier alpha value is -2.34. The van der Waals surface area contributed by atoms with Gasteiger partial charge in [-0.3, -0.25) is 4.68 Å². The monoisotopic (exact) mass is 289 g/mol. The van der Waals surface area contributed by atoms with Crippen molar-refractivity contribution in [3.05, 3.63) is 48.3 Å². The minimum absolute atomic E-state index is 0.229. The average molecular weight is 289 g/mol. The minimum Gasteiger partial charge on any atom is -0.492 e. The van der Waals surface area contributed by atoms with Crippen LogP contribution in [0.4, 0.5) is 0 Å². The van der Waals surface area contributed by atoms with Gasteiger partial charge in [0.05, 0.1) is 12.1 Å². The second kappa shape index (κ2) is 7.44. The summed E-state index contributed by atoms with van der Waals surface area (Å²) in [6.45, 7) is 4.03. The third-order valence-corrected chi connectivity index (χ3v) is 2.96. The van der Waals surface area contributed by atoms with Crippen molar-refractivity contribution in [2.75, 3.05) is 13.2 Å². The summed E-state index contributed by atoms with van der Waals surface area (Å²) in [6, 6.07) is 8.66. The van der Waals surface area contributed by atoms with Gasteiger partial charge in [-0.15, -0.1) is 0 Å². The largest absolute Gasteiger partial charge is 0.492 e. The molecule has 0 aliphatic heterocycles. The second-order valence-electron chi connectivity index (χ2n) is 4.76. The fourth-order valence-corrected chi connectivity index (χ4v) is 1.95. The standard InChI is InChI=1S/C15H19N3O3/c1-12(11-18-8-3-6-17-18)16-7-9-21-14-5-2-4-13(10-14)15(19)20/h2-6,8,10,12,16H,7,9,11H2,1H3,(H,19,20). The Balaban J connectivity index is 1.69. The van der Waals surface area contributed by atoms with Crippen molar-refractivity contribution in [1.82, 2.24) is 15.1 Å². The molecule has 0 saturated carbocycles. The van der Waals surface area contributed by atoms with Crippen LogP contribution in [-0.4, -0.2) is 40.0 Å². The highest BCUT2D eigenvalue weighted by molar-refractivity contribution is 5.87. The Bertz CT molecular complexity index is 569. The van der Waals surface area contributed by atoms with Crippen LogP contribution in [0, 0.1) is 0 Å². The zero-order chi connectivity index (χ0) is 15.1. The number of carbonyl (C=O) groups is 1. The van der Waals surface area contributed by atoms with Crippen LogP contribution in [0.15, 0.2) is 42.7 Å². The lowest BCUT2D eigenvalue weighted by atomic mass is 10.2. The first-order valence-corrected chi connectivity index (χ1v) is 6.82. The molecule has 1 heterocycles. The van der Waals surface area contributed by atoms with Crippen LogP contribution >= 0.6 is 0 Å². The van der Waals surface area contributed by atoms with Crippen LogP contribution in [0.5, 0.6) is 5.75 Å². The topological polar surface area (TPSA) is 76.4 Å². The van der Waals surface area contributed by atoms with Gasteiger partial charge in [0, 0.05) is 25.0 Å². The van der Waals surface area contributed by atoms with Crippen molar-refractivity contribution in [2.24, 2.45) is 0 Å². The first-order chi connectivity index (χ1) is 10.1. The van der Waals surface area contributed by atoms with Crippen LogP contribution in [0.1, 0.15) is 17.3 Å². The number of hydrogen-bond acceptors (Lipinski definition) is 4. The van der Waals surface area contributed by atoms with Crippen molar-refractivity contribution in [1.29, 1.82) is 0 Å². The molecule has 0 bridgehead atoms. The molecule has 0 radical (unpaired) electrons. The lowest BCUT2D eigenvalue weighted by Crippen LogP contribution is -2.33. The molecule has 1 unspecified atom stereocenters. The second-order valence-corrected chi connectivity index (χ2v) is 4.76. The summed E-state index contributed by atoms with van der Waals surface area (Å²) in [6.07, 6.45) is 3.68. The lowest BCUT2D eigenvalue weighted by Gasteiger charge is -2.14. The minimum atomic E-state index is -0.952. The number of ether oxygens (including phenoxy) is 1. The van der Waals surface area contributed by atoms with Crippen molar-refractivity contribution in [3.63, 3.8) is 0 Å². The number of carboxylic acid groups (broad SMARTS) is 1. The van der Waals surface area contributed by atoms with E-state index in [4.69, 9.17) is 9.84 Å². The summed E-state index contributed by atoms with van der Waals surface area (Å²) >= 11 is 0. The van der Waals surface area contributed by atoms with E-state index in [0.717, 1.165) is 6.54 Å². The number of hydrogen-bond donors (Lipinski definition) is 2. The van der Waals surface area contributed by atoms with Gasteiger partial charge in [-0.05, 0) is 31.2 Å². The number of aromatic nitrogens is 2. The van der Waals surface area contributed by atoms with Gasteiger partial charge in [0.15, 0.2) is 0 Å². The van der Waals surface area contributed by atoms with E-state index in [9.17, 15) is 4.79 Å². The summed E-state index contributed by atoms with van der Waals surface area (Å²) in [4.78, 5) is 10.8. The van der Waals surface area contributed by atoms with Crippen LogP contribution in [-0.2, 0) is 6.54 Å². The van der Waals surface area contributed by atoms with E-state index in [1.54, 1.807) is 24.4 Å². The molecule has 1 atom stereocenters. The highest BCUT2D eigenvalue weighted by atomic mass is 16.5. The fraction of sp³-hybridized carbons (Fsp3) is 0.333.